The van der Waals surface area contributed by atoms with Crippen LogP contribution in [0.15, 0.2) is 77.7 Å². The number of halogens is 1. The number of nitrogens with one attached hydrogen (secondary N) is 1. The van der Waals surface area contributed by atoms with Crippen LogP contribution in [-0.4, -0.2) is 43.3 Å². The summed E-state index contributed by atoms with van der Waals surface area (Å²) in [5.41, 5.74) is 2.21. The number of nitrogens with zero attached hydrogens (tertiary/aromatic N) is 2. The molecule has 214 valence electrons. The first kappa shape index (κ1) is 31.2. The molecule has 0 saturated heterocycles. The van der Waals surface area contributed by atoms with Gasteiger partial charge in [0, 0.05) is 17.1 Å². The molecule has 0 aliphatic heterocycles. The first-order valence-electron chi connectivity index (χ1n) is 13.2. The van der Waals surface area contributed by atoms with Crippen LogP contribution >= 0.6 is 11.6 Å². The van der Waals surface area contributed by atoms with Gasteiger partial charge in [-0.15, -0.1) is 0 Å². The number of carbonyl (C=O) groups excluding carboxylic acids is 2. The lowest BCUT2D eigenvalue weighted by Crippen LogP contribution is -2.55. The lowest BCUT2D eigenvalue weighted by atomic mass is 10.1. The minimum Gasteiger partial charge on any atom is -0.350 e. The molecule has 1 N–H and O–H groups in total. The van der Waals surface area contributed by atoms with E-state index >= 15 is 0 Å². The van der Waals surface area contributed by atoms with Gasteiger partial charge < -0.3 is 10.2 Å². The third-order valence-corrected chi connectivity index (χ3v) is 8.66. The smallest absolute Gasteiger partial charge is 0.264 e. The number of benzene rings is 3. The van der Waals surface area contributed by atoms with Gasteiger partial charge in [-0.3, -0.25) is 13.9 Å². The highest BCUT2D eigenvalue weighted by molar-refractivity contribution is 7.92. The highest BCUT2D eigenvalue weighted by Crippen LogP contribution is 2.31. The average Bonchev–Trinajstić information content (AvgIpc) is 2.89. The summed E-state index contributed by atoms with van der Waals surface area (Å²) in [5.74, 6) is -0.803. The lowest BCUT2D eigenvalue weighted by Gasteiger charge is -2.35. The Bertz CT molecular complexity index is 1440. The zero-order chi connectivity index (χ0) is 29.7. The monoisotopic (exact) mass is 583 g/mol. The molecule has 0 saturated carbocycles. The number of rotatable bonds is 10. The lowest BCUT2D eigenvalue weighted by molar-refractivity contribution is -0.141. The molecule has 0 aliphatic rings. The van der Waals surface area contributed by atoms with E-state index in [9.17, 15) is 18.0 Å². The number of amides is 2. The largest absolute Gasteiger partial charge is 0.350 e. The molecule has 3 aromatic carbocycles. The SMILES string of the molecule is CCC(C(=O)NC(C)(C)C)N(Cc1ccc(C)cc1)C(=O)CN(c1cccc(Cl)c1C)S(=O)(=O)c1ccccc1. The highest BCUT2D eigenvalue weighted by Gasteiger charge is 2.35. The molecule has 2 amide bonds. The van der Waals surface area contributed by atoms with Gasteiger partial charge in [0.2, 0.25) is 11.8 Å². The zero-order valence-corrected chi connectivity index (χ0v) is 25.5. The van der Waals surface area contributed by atoms with E-state index < -0.39 is 34.1 Å². The normalized spacial score (nSPS) is 12.5. The van der Waals surface area contributed by atoms with Gasteiger partial charge in [0.25, 0.3) is 10.0 Å². The fraction of sp³-hybridized carbons (Fsp3) is 0.355. The van der Waals surface area contributed by atoms with Gasteiger partial charge in [-0.1, -0.05) is 72.6 Å². The average molecular weight is 584 g/mol. The molecule has 1 unspecified atom stereocenters. The highest BCUT2D eigenvalue weighted by atomic mass is 35.5. The first-order chi connectivity index (χ1) is 18.7. The Labute approximate surface area is 243 Å². The number of anilines is 1. The Morgan fingerprint density at radius 1 is 0.925 bits per heavy atom. The number of sulfonamides is 1. The van der Waals surface area contributed by atoms with E-state index in [-0.39, 0.29) is 17.3 Å². The predicted octanol–water partition coefficient (Wildman–Crippen LogP) is 5.87. The van der Waals surface area contributed by atoms with Crippen molar-refractivity contribution in [2.45, 2.75) is 71.0 Å². The van der Waals surface area contributed by atoms with Gasteiger partial charge >= 0.3 is 0 Å². The van der Waals surface area contributed by atoms with E-state index in [4.69, 9.17) is 11.6 Å². The van der Waals surface area contributed by atoms with Crippen LogP contribution in [0.4, 0.5) is 5.69 Å². The van der Waals surface area contributed by atoms with Crippen molar-refractivity contribution in [1.29, 1.82) is 0 Å². The number of carbonyl (C=O) groups is 2. The second-order valence-corrected chi connectivity index (χ2v) is 13.1. The fourth-order valence-electron chi connectivity index (χ4n) is 4.36. The maximum absolute atomic E-state index is 14.1. The Hall–Kier alpha value is -3.36. The molecule has 0 radical (unpaired) electrons. The molecule has 0 aliphatic carbocycles. The van der Waals surface area contributed by atoms with E-state index in [1.807, 2.05) is 58.9 Å². The molecule has 0 bridgehead atoms. The molecule has 3 aromatic rings. The van der Waals surface area contributed by atoms with Gasteiger partial charge in [0.05, 0.1) is 10.6 Å². The van der Waals surface area contributed by atoms with E-state index in [1.165, 1.54) is 17.0 Å². The Balaban J connectivity index is 2.10. The summed E-state index contributed by atoms with van der Waals surface area (Å²) in [6.07, 6.45) is 0.348. The second kappa shape index (κ2) is 12.9. The van der Waals surface area contributed by atoms with Gasteiger partial charge in [0.1, 0.15) is 12.6 Å². The van der Waals surface area contributed by atoms with E-state index in [0.717, 1.165) is 15.4 Å². The topological polar surface area (TPSA) is 86.8 Å². The summed E-state index contributed by atoms with van der Waals surface area (Å²) in [6.45, 7) is 10.8. The van der Waals surface area contributed by atoms with Crippen molar-refractivity contribution in [2.75, 3.05) is 10.8 Å². The van der Waals surface area contributed by atoms with Gasteiger partial charge in [0.15, 0.2) is 0 Å². The number of hydrogen-bond acceptors (Lipinski definition) is 4. The minimum atomic E-state index is -4.16. The molecule has 1 atom stereocenters. The van der Waals surface area contributed by atoms with E-state index in [0.29, 0.717) is 22.7 Å². The van der Waals surface area contributed by atoms with Crippen LogP contribution in [0.2, 0.25) is 5.02 Å². The molecule has 0 heterocycles. The maximum Gasteiger partial charge on any atom is 0.264 e. The summed E-state index contributed by atoms with van der Waals surface area (Å²) in [4.78, 5) is 29.1. The number of hydrogen-bond donors (Lipinski definition) is 1. The molecule has 0 spiro atoms. The summed E-state index contributed by atoms with van der Waals surface area (Å²) in [6, 6.07) is 19.8. The molecular weight excluding hydrogens is 546 g/mol. The first-order valence-corrected chi connectivity index (χ1v) is 15.1. The Morgan fingerprint density at radius 3 is 2.12 bits per heavy atom. The van der Waals surface area contributed by atoms with Crippen LogP contribution in [0.1, 0.15) is 50.8 Å². The van der Waals surface area contributed by atoms with Gasteiger partial charge in [-0.25, -0.2) is 8.42 Å². The van der Waals surface area contributed by atoms with Crippen molar-refractivity contribution in [3.63, 3.8) is 0 Å². The summed E-state index contributed by atoms with van der Waals surface area (Å²) in [7, 11) is -4.16. The third-order valence-electron chi connectivity index (χ3n) is 6.48. The third kappa shape index (κ3) is 7.64. The molecule has 0 fully saturated rings. The maximum atomic E-state index is 14.1. The Morgan fingerprint density at radius 2 is 1.55 bits per heavy atom. The van der Waals surface area contributed by atoms with E-state index in [1.54, 1.807) is 43.3 Å². The van der Waals surface area contributed by atoms with Crippen LogP contribution < -0.4 is 9.62 Å². The van der Waals surface area contributed by atoms with Crippen LogP contribution in [0, 0.1) is 13.8 Å². The minimum absolute atomic E-state index is 0.0461. The molecule has 7 nitrogen and oxygen atoms in total. The van der Waals surface area contributed by atoms with Crippen LogP contribution in [0.5, 0.6) is 0 Å². The quantitative estimate of drug-likeness (QED) is 0.323. The summed E-state index contributed by atoms with van der Waals surface area (Å²) >= 11 is 6.38. The molecule has 0 aromatic heterocycles. The standard InChI is InChI=1S/C31H38ClN3O4S/c1-7-27(30(37)33-31(4,5)6)34(20-24-18-16-22(2)17-19-24)29(36)21-35(28-15-11-14-26(32)23(28)3)40(38,39)25-12-9-8-10-13-25/h8-19,27H,7,20-21H2,1-6H3,(H,33,37). The molecular formula is C31H38ClN3O4S. The van der Waals surface area contributed by atoms with Crippen molar-refractivity contribution in [3.8, 4) is 0 Å². The predicted molar refractivity (Wildman–Crippen MR) is 161 cm³/mol. The van der Waals surface area contributed by atoms with Crippen molar-refractivity contribution in [2.24, 2.45) is 0 Å². The van der Waals surface area contributed by atoms with Crippen LogP contribution in [-0.2, 0) is 26.2 Å². The molecule has 9 heteroatoms. The second-order valence-electron chi connectivity index (χ2n) is 10.9. The molecule has 40 heavy (non-hydrogen) atoms. The Kier molecular flexibility index (Phi) is 10.0. The van der Waals surface area contributed by atoms with Crippen molar-refractivity contribution >= 4 is 39.1 Å². The van der Waals surface area contributed by atoms with Crippen molar-refractivity contribution < 1.29 is 18.0 Å². The van der Waals surface area contributed by atoms with Crippen LogP contribution in [0.25, 0.3) is 0 Å². The van der Waals surface area contributed by atoms with Gasteiger partial charge in [-0.05, 0) is 76.4 Å². The van der Waals surface area contributed by atoms with Crippen molar-refractivity contribution in [3.05, 3.63) is 94.5 Å². The van der Waals surface area contributed by atoms with E-state index in [2.05, 4.69) is 5.32 Å². The fourth-order valence-corrected chi connectivity index (χ4v) is 6.02. The summed E-state index contributed by atoms with van der Waals surface area (Å²) < 4.78 is 29.0. The van der Waals surface area contributed by atoms with Crippen LogP contribution in [0.3, 0.4) is 0 Å². The summed E-state index contributed by atoms with van der Waals surface area (Å²) in [5, 5.41) is 3.36. The zero-order valence-electron chi connectivity index (χ0n) is 23.9. The number of aryl methyl sites for hydroxylation is 1. The van der Waals surface area contributed by atoms with Gasteiger partial charge in [-0.2, -0.15) is 0 Å². The van der Waals surface area contributed by atoms with Crippen molar-refractivity contribution in [1.82, 2.24) is 10.2 Å². The molecule has 3 rings (SSSR count).